The minimum atomic E-state index is 0.459. The summed E-state index contributed by atoms with van der Waals surface area (Å²) >= 11 is 3.51. The second-order valence-electron chi connectivity index (χ2n) is 4.45. The van der Waals surface area contributed by atoms with Crippen LogP contribution in [0.1, 0.15) is 26.7 Å². The first-order valence-electron chi connectivity index (χ1n) is 6.72. The molecule has 0 aliphatic carbocycles. The highest BCUT2D eigenvalue weighted by Crippen LogP contribution is 2.18. The van der Waals surface area contributed by atoms with Crippen LogP contribution in [0.2, 0.25) is 0 Å². The minimum absolute atomic E-state index is 0.459. The van der Waals surface area contributed by atoms with Crippen LogP contribution in [0.25, 0.3) is 11.0 Å². The Balaban J connectivity index is 2.37. The summed E-state index contributed by atoms with van der Waals surface area (Å²) < 4.78 is 0. The molecule has 0 atom stereocenters. The number of nitrogens with zero attached hydrogens (tertiary/aromatic N) is 4. The van der Waals surface area contributed by atoms with Crippen molar-refractivity contribution in [1.29, 1.82) is 0 Å². The van der Waals surface area contributed by atoms with Gasteiger partial charge in [-0.25, -0.2) is 4.98 Å². The lowest BCUT2D eigenvalue weighted by molar-refractivity contribution is 0.556. The fraction of sp³-hybridized carbons (Fsp3) is 0.500. The van der Waals surface area contributed by atoms with Crippen molar-refractivity contribution in [3.05, 3.63) is 24.3 Å². The number of para-hydroxylation sites is 1. The van der Waals surface area contributed by atoms with Gasteiger partial charge in [0.25, 0.3) is 0 Å². The molecule has 0 aliphatic heterocycles. The van der Waals surface area contributed by atoms with Crippen molar-refractivity contribution < 1.29 is 0 Å². The van der Waals surface area contributed by atoms with E-state index >= 15 is 0 Å². The van der Waals surface area contributed by atoms with Crippen LogP contribution in [0.4, 0.5) is 5.95 Å². The van der Waals surface area contributed by atoms with E-state index in [0.717, 1.165) is 41.7 Å². The van der Waals surface area contributed by atoms with Gasteiger partial charge in [-0.15, -0.1) is 10.2 Å². The summed E-state index contributed by atoms with van der Waals surface area (Å²) in [4.78, 5) is 6.89. The molecule has 0 N–H and O–H groups in total. The summed E-state index contributed by atoms with van der Waals surface area (Å²) in [5, 5.41) is 9.45. The Labute approximate surface area is 122 Å². The van der Waals surface area contributed by atoms with Crippen molar-refractivity contribution in [2.75, 3.05) is 16.8 Å². The normalized spacial score (nSPS) is 11.2. The van der Waals surface area contributed by atoms with Gasteiger partial charge in [-0.3, -0.25) is 0 Å². The smallest absolute Gasteiger partial charge is 0.246 e. The van der Waals surface area contributed by atoms with E-state index in [2.05, 4.69) is 49.9 Å². The minimum Gasteiger partial charge on any atom is -0.336 e. The van der Waals surface area contributed by atoms with Crippen molar-refractivity contribution in [3.8, 4) is 0 Å². The molecule has 0 spiro atoms. The molecule has 0 fully saturated rings. The van der Waals surface area contributed by atoms with Gasteiger partial charge in [0.15, 0.2) is 0 Å². The van der Waals surface area contributed by atoms with Gasteiger partial charge >= 0.3 is 0 Å². The van der Waals surface area contributed by atoms with Gasteiger partial charge < -0.3 is 4.90 Å². The molecule has 0 bridgehead atoms. The molecule has 0 saturated carbocycles. The van der Waals surface area contributed by atoms with Crippen LogP contribution >= 0.6 is 15.9 Å². The largest absolute Gasteiger partial charge is 0.336 e. The van der Waals surface area contributed by atoms with Crippen molar-refractivity contribution in [2.45, 2.75) is 32.7 Å². The van der Waals surface area contributed by atoms with Gasteiger partial charge in [0, 0.05) is 17.9 Å². The predicted molar refractivity (Wildman–Crippen MR) is 82.8 cm³/mol. The van der Waals surface area contributed by atoms with Gasteiger partial charge in [0.1, 0.15) is 5.52 Å². The average molecular weight is 323 g/mol. The molecule has 1 aromatic carbocycles. The zero-order valence-electron chi connectivity index (χ0n) is 11.4. The third-order valence-corrected chi connectivity index (χ3v) is 3.67. The maximum atomic E-state index is 4.64. The molecule has 5 heteroatoms. The Kier molecular flexibility index (Phi) is 5.07. The molecule has 0 saturated heterocycles. The molecular weight excluding hydrogens is 304 g/mol. The van der Waals surface area contributed by atoms with E-state index in [0.29, 0.717) is 6.04 Å². The predicted octanol–water partition coefficient (Wildman–Crippen LogP) is 3.41. The first-order valence-corrected chi connectivity index (χ1v) is 7.84. The van der Waals surface area contributed by atoms with Crippen molar-refractivity contribution >= 4 is 32.9 Å². The van der Waals surface area contributed by atoms with Crippen molar-refractivity contribution in [2.24, 2.45) is 0 Å². The van der Waals surface area contributed by atoms with Gasteiger partial charge in [0.2, 0.25) is 5.95 Å². The van der Waals surface area contributed by atoms with Gasteiger partial charge in [-0.2, -0.15) is 0 Å². The lowest BCUT2D eigenvalue weighted by atomic mass is 10.1. The van der Waals surface area contributed by atoms with E-state index in [1.54, 1.807) is 0 Å². The summed E-state index contributed by atoms with van der Waals surface area (Å²) in [5.74, 6) is 0.729. The summed E-state index contributed by atoms with van der Waals surface area (Å²) in [6, 6.07) is 8.31. The molecule has 102 valence electrons. The molecule has 1 aromatic heterocycles. The Hall–Kier alpha value is -1.23. The Morgan fingerprint density at radius 2 is 1.79 bits per heavy atom. The summed E-state index contributed by atoms with van der Waals surface area (Å²) in [6.07, 6.45) is 2.17. The van der Waals surface area contributed by atoms with Crippen LogP contribution < -0.4 is 4.90 Å². The maximum Gasteiger partial charge on any atom is 0.246 e. The summed E-state index contributed by atoms with van der Waals surface area (Å²) in [7, 11) is 0. The van der Waals surface area contributed by atoms with E-state index in [-0.39, 0.29) is 0 Å². The van der Waals surface area contributed by atoms with E-state index in [1.165, 1.54) is 0 Å². The van der Waals surface area contributed by atoms with Crippen LogP contribution in [0.15, 0.2) is 24.3 Å². The highest BCUT2D eigenvalue weighted by Gasteiger charge is 2.18. The Morgan fingerprint density at radius 3 is 2.42 bits per heavy atom. The third kappa shape index (κ3) is 3.21. The number of halogens is 1. The van der Waals surface area contributed by atoms with Crippen molar-refractivity contribution in [3.63, 3.8) is 0 Å². The first kappa shape index (κ1) is 14.2. The summed E-state index contributed by atoms with van der Waals surface area (Å²) in [6.45, 7) is 5.29. The van der Waals surface area contributed by atoms with Gasteiger partial charge in [-0.1, -0.05) is 41.9 Å². The second-order valence-corrected chi connectivity index (χ2v) is 5.25. The van der Waals surface area contributed by atoms with Crippen molar-refractivity contribution in [1.82, 2.24) is 15.2 Å². The maximum absolute atomic E-state index is 4.64. The lowest BCUT2D eigenvalue weighted by Gasteiger charge is -2.29. The Bertz CT molecular complexity index is 528. The number of hydrogen-bond donors (Lipinski definition) is 0. The second kappa shape index (κ2) is 6.80. The number of anilines is 1. The van der Waals surface area contributed by atoms with Crippen LogP contribution in [0.5, 0.6) is 0 Å². The molecule has 0 radical (unpaired) electrons. The molecule has 19 heavy (non-hydrogen) atoms. The van der Waals surface area contributed by atoms with E-state index in [9.17, 15) is 0 Å². The molecule has 2 rings (SSSR count). The highest BCUT2D eigenvalue weighted by atomic mass is 79.9. The quantitative estimate of drug-likeness (QED) is 0.764. The average Bonchev–Trinajstić information content (AvgIpc) is 2.47. The number of aromatic nitrogens is 3. The zero-order valence-corrected chi connectivity index (χ0v) is 13.0. The van der Waals surface area contributed by atoms with E-state index < -0.39 is 0 Å². The topological polar surface area (TPSA) is 41.9 Å². The van der Waals surface area contributed by atoms with Gasteiger partial charge in [-0.05, 0) is 25.0 Å². The van der Waals surface area contributed by atoms with Crippen LogP contribution in [0.3, 0.4) is 0 Å². The molecule has 0 amide bonds. The van der Waals surface area contributed by atoms with Crippen LogP contribution in [-0.2, 0) is 0 Å². The molecule has 1 heterocycles. The first-order chi connectivity index (χ1) is 9.30. The Morgan fingerprint density at radius 1 is 1.11 bits per heavy atom. The highest BCUT2D eigenvalue weighted by molar-refractivity contribution is 9.09. The standard InChI is InChI=1S/C14H19BrN4/c1-3-11(4-2)19(10-9-15)14-16-12-7-5-6-8-13(12)17-18-14/h5-8,11H,3-4,9-10H2,1-2H3. The molecule has 4 nitrogen and oxygen atoms in total. The fourth-order valence-corrected chi connectivity index (χ4v) is 2.64. The van der Waals surface area contributed by atoms with E-state index in [1.807, 2.05) is 24.3 Å². The third-order valence-electron chi connectivity index (χ3n) is 3.31. The van der Waals surface area contributed by atoms with Gasteiger partial charge in [0.05, 0.1) is 5.52 Å². The number of fused-ring (bicyclic) bond motifs is 1. The molecular formula is C14H19BrN4. The molecule has 2 aromatic rings. The SMILES string of the molecule is CCC(CC)N(CCBr)c1nnc2ccccc2n1. The van der Waals surface area contributed by atoms with Crippen LogP contribution in [0, 0.1) is 0 Å². The molecule has 0 aliphatic rings. The van der Waals surface area contributed by atoms with E-state index in [4.69, 9.17) is 0 Å². The molecule has 0 unspecified atom stereocenters. The number of alkyl halides is 1. The van der Waals surface area contributed by atoms with Crippen LogP contribution in [-0.4, -0.2) is 33.1 Å². The lowest BCUT2D eigenvalue weighted by Crippen LogP contribution is -2.37. The zero-order chi connectivity index (χ0) is 13.7. The fourth-order valence-electron chi connectivity index (χ4n) is 2.26. The summed E-state index contributed by atoms with van der Waals surface area (Å²) in [5.41, 5.74) is 1.74. The number of benzene rings is 1. The number of rotatable bonds is 6. The number of hydrogen-bond acceptors (Lipinski definition) is 4. The monoisotopic (exact) mass is 322 g/mol.